The molecule has 1 aliphatic heterocycles. The normalized spacial score (nSPS) is 26.3. The number of nitrogens with one attached hydrogen (secondary N) is 1. The average molecular weight is 376 g/mol. The van der Waals surface area contributed by atoms with E-state index in [9.17, 15) is 14.7 Å². The van der Waals surface area contributed by atoms with Crippen LogP contribution in [0.15, 0.2) is 24.3 Å². The lowest BCUT2D eigenvalue weighted by Gasteiger charge is -2.33. The lowest BCUT2D eigenvalue weighted by atomic mass is 9.77. The number of methoxy groups -OCH3 is 1. The predicted octanol–water partition coefficient (Wildman–Crippen LogP) is 2.07. The molecule has 0 radical (unpaired) electrons. The summed E-state index contributed by atoms with van der Waals surface area (Å²) in [4.78, 5) is 26.2. The molecule has 7 heteroatoms. The maximum atomic E-state index is 12.8. The van der Waals surface area contributed by atoms with E-state index in [1.165, 1.54) is 0 Å². The Kier molecular flexibility index (Phi) is 6.01. The lowest BCUT2D eigenvalue weighted by molar-refractivity contribution is -0.134. The molecule has 1 saturated carbocycles. The fourth-order valence-corrected chi connectivity index (χ4v) is 3.83. The summed E-state index contributed by atoms with van der Waals surface area (Å²) >= 11 is 0. The van der Waals surface area contributed by atoms with Gasteiger partial charge in [0.15, 0.2) is 0 Å². The Bertz CT molecular complexity index is 685. The van der Waals surface area contributed by atoms with E-state index in [1.54, 1.807) is 7.11 Å². The number of urea groups is 1. The van der Waals surface area contributed by atoms with Crippen molar-refractivity contribution in [3.63, 3.8) is 0 Å². The first kappa shape index (κ1) is 19.6. The van der Waals surface area contributed by atoms with Gasteiger partial charge in [0, 0.05) is 5.56 Å². The Hall–Kier alpha value is -2.12. The van der Waals surface area contributed by atoms with Crippen LogP contribution in [0.2, 0.25) is 0 Å². The van der Waals surface area contributed by atoms with Crippen molar-refractivity contribution in [2.24, 2.45) is 5.92 Å². The van der Waals surface area contributed by atoms with Gasteiger partial charge in [0.05, 0.1) is 33.0 Å². The Morgan fingerprint density at radius 3 is 2.70 bits per heavy atom. The van der Waals surface area contributed by atoms with E-state index in [2.05, 4.69) is 12.2 Å². The van der Waals surface area contributed by atoms with Crippen LogP contribution in [-0.4, -0.2) is 53.8 Å². The molecular formula is C20H28N2O5. The number of carbonyl (C=O) groups excluding carboxylic acids is 2. The fraction of sp³-hybridized carbons (Fsp3) is 0.600. The third-order valence-electron chi connectivity index (χ3n) is 5.53. The number of aliphatic hydroxyl groups is 1. The minimum Gasteiger partial charge on any atom is -0.496 e. The monoisotopic (exact) mass is 376 g/mol. The van der Waals surface area contributed by atoms with Gasteiger partial charge < -0.3 is 19.9 Å². The van der Waals surface area contributed by atoms with Crippen molar-refractivity contribution in [1.29, 1.82) is 0 Å². The van der Waals surface area contributed by atoms with Gasteiger partial charge in [-0.15, -0.1) is 0 Å². The van der Waals surface area contributed by atoms with Crippen LogP contribution in [0, 0.1) is 5.92 Å². The van der Waals surface area contributed by atoms with Gasteiger partial charge in [0.2, 0.25) is 0 Å². The lowest BCUT2D eigenvalue weighted by Crippen LogP contribution is -2.49. The van der Waals surface area contributed by atoms with Crippen molar-refractivity contribution in [3.05, 3.63) is 29.8 Å². The summed E-state index contributed by atoms with van der Waals surface area (Å²) in [6, 6.07) is 7.06. The number of imide groups is 1. The minimum atomic E-state index is -0.938. The summed E-state index contributed by atoms with van der Waals surface area (Å²) < 4.78 is 10.8. The number of ether oxygens (including phenoxy) is 2. The third-order valence-corrected chi connectivity index (χ3v) is 5.53. The maximum Gasteiger partial charge on any atom is 0.325 e. The number of benzene rings is 1. The molecule has 2 N–H and O–H groups in total. The van der Waals surface area contributed by atoms with Crippen molar-refractivity contribution in [2.45, 2.75) is 50.9 Å². The van der Waals surface area contributed by atoms with Gasteiger partial charge in [-0.1, -0.05) is 25.1 Å². The zero-order chi connectivity index (χ0) is 19.4. The predicted molar refractivity (Wildman–Crippen MR) is 99.3 cm³/mol. The molecule has 3 amide bonds. The van der Waals surface area contributed by atoms with Crippen LogP contribution < -0.4 is 10.1 Å². The molecule has 27 heavy (non-hydrogen) atoms. The molecule has 1 aliphatic carbocycles. The highest BCUT2D eigenvalue weighted by Gasteiger charge is 2.52. The van der Waals surface area contributed by atoms with E-state index in [0.717, 1.165) is 29.1 Å². The molecular weight excluding hydrogens is 348 g/mol. The summed E-state index contributed by atoms with van der Waals surface area (Å²) in [5.74, 6) is 1.07. The molecule has 1 atom stereocenters. The zero-order valence-corrected chi connectivity index (χ0v) is 15.9. The van der Waals surface area contributed by atoms with Gasteiger partial charge in [-0.2, -0.15) is 0 Å². The second kappa shape index (κ2) is 8.27. The molecule has 0 bridgehead atoms. The molecule has 0 aromatic heterocycles. The standard InChI is InChI=1S/C20H28N2O5/c1-14-7-9-20(10-8-14)18(24)22(19(25)21-20)11-16(23)13-27-12-15-5-3-4-6-17(15)26-2/h3-6,14,16,23H,7-13H2,1-2H3,(H,21,25)/t14?,16-,20?/m0/s1. The van der Waals surface area contributed by atoms with Crippen LogP contribution >= 0.6 is 0 Å². The summed E-state index contributed by atoms with van der Waals surface area (Å²) in [6.45, 7) is 2.41. The number of rotatable bonds is 7. The number of amides is 3. The zero-order valence-electron chi connectivity index (χ0n) is 15.9. The first-order valence-electron chi connectivity index (χ1n) is 9.47. The second-order valence-electron chi connectivity index (χ2n) is 7.59. The summed E-state index contributed by atoms with van der Waals surface area (Å²) in [5.41, 5.74) is 0.0964. The molecule has 1 aromatic rings. The number of aliphatic hydroxyl groups excluding tert-OH is 1. The highest BCUT2D eigenvalue weighted by atomic mass is 16.5. The molecule has 148 valence electrons. The molecule has 1 saturated heterocycles. The minimum absolute atomic E-state index is 0.0269. The Morgan fingerprint density at radius 1 is 1.30 bits per heavy atom. The highest BCUT2D eigenvalue weighted by molar-refractivity contribution is 6.07. The molecule has 2 aliphatic rings. The largest absolute Gasteiger partial charge is 0.496 e. The van der Waals surface area contributed by atoms with Gasteiger partial charge in [-0.25, -0.2) is 4.79 Å². The van der Waals surface area contributed by atoms with Crippen LogP contribution in [0.1, 0.15) is 38.2 Å². The Labute approximate surface area is 159 Å². The second-order valence-corrected chi connectivity index (χ2v) is 7.59. The van der Waals surface area contributed by atoms with Crippen LogP contribution in [0.3, 0.4) is 0 Å². The summed E-state index contributed by atoms with van der Waals surface area (Å²) in [7, 11) is 1.59. The highest BCUT2D eigenvalue weighted by Crippen LogP contribution is 2.36. The molecule has 1 heterocycles. The third kappa shape index (κ3) is 4.25. The first-order valence-corrected chi connectivity index (χ1v) is 9.47. The summed E-state index contributed by atoms with van der Waals surface area (Å²) in [6.07, 6.45) is 2.23. The van der Waals surface area contributed by atoms with Crippen molar-refractivity contribution in [3.8, 4) is 5.75 Å². The molecule has 1 aromatic carbocycles. The molecule has 3 rings (SSSR count). The quantitative estimate of drug-likeness (QED) is 0.712. The van der Waals surface area contributed by atoms with E-state index < -0.39 is 17.7 Å². The van der Waals surface area contributed by atoms with Crippen molar-refractivity contribution in [1.82, 2.24) is 10.2 Å². The van der Waals surface area contributed by atoms with Gasteiger partial charge in [-0.3, -0.25) is 9.69 Å². The molecule has 2 fully saturated rings. The van der Waals surface area contributed by atoms with E-state index in [-0.39, 0.29) is 25.7 Å². The van der Waals surface area contributed by atoms with E-state index >= 15 is 0 Å². The van der Waals surface area contributed by atoms with Gasteiger partial charge in [0.25, 0.3) is 5.91 Å². The van der Waals surface area contributed by atoms with Crippen molar-refractivity contribution in [2.75, 3.05) is 20.3 Å². The maximum absolute atomic E-state index is 12.8. The SMILES string of the molecule is COc1ccccc1COC[C@@H](O)CN1C(=O)NC2(CCC(C)CC2)C1=O. The summed E-state index contributed by atoms with van der Waals surface area (Å²) in [5, 5.41) is 13.1. The van der Waals surface area contributed by atoms with E-state index in [0.29, 0.717) is 18.8 Å². The molecule has 1 spiro atoms. The van der Waals surface area contributed by atoms with Crippen LogP contribution in [0.4, 0.5) is 4.79 Å². The van der Waals surface area contributed by atoms with Gasteiger partial charge in [0.1, 0.15) is 11.3 Å². The fourth-order valence-electron chi connectivity index (χ4n) is 3.83. The number of hydrogen-bond donors (Lipinski definition) is 2. The number of β-amino-alcohol motifs (C(OH)–C–C–N with tert-alkyl or cyclic N) is 1. The Morgan fingerprint density at radius 2 is 2.00 bits per heavy atom. The smallest absolute Gasteiger partial charge is 0.325 e. The number of carbonyl (C=O) groups is 2. The molecule has 0 unspecified atom stereocenters. The van der Waals surface area contributed by atoms with E-state index in [1.807, 2.05) is 24.3 Å². The van der Waals surface area contributed by atoms with E-state index in [4.69, 9.17) is 9.47 Å². The topological polar surface area (TPSA) is 88.1 Å². The van der Waals surface area contributed by atoms with Crippen LogP contribution in [0.25, 0.3) is 0 Å². The van der Waals surface area contributed by atoms with Gasteiger partial charge >= 0.3 is 6.03 Å². The molecule has 7 nitrogen and oxygen atoms in total. The Balaban J connectivity index is 1.51. The number of nitrogens with zero attached hydrogens (tertiary/aromatic N) is 1. The number of para-hydroxylation sites is 1. The van der Waals surface area contributed by atoms with Crippen molar-refractivity contribution >= 4 is 11.9 Å². The first-order chi connectivity index (χ1) is 12.9. The van der Waals surface area contributed by atoms with Crippen molar-refractivity contribution < 1.29 is 24.2 Å². The number of hydrogen-bond acceptors (Lipinski definition) is 5. The average Bonchev–Trinajstić information content (AvgIpc) is 2.89. The van der Waals surface area contributed by atoms with Crippen LogP contribution in [-0.2, 0) is 16.1 Å². The van der Waals surface area contributed by atoms with Crippen LogP contribution in [0.5, 0.6) is 5.75 Å². The van der Waals surface area contributed by atoms with Gasteiger partial charge in [-0.05, 0) is 37.7 Å².